The Morgan fingerprint density at radius 2 is 1.79 bits per heavy atom. The number of hydrogen-bond acceptors (Lipinski definition) is 4. The van der Waals surface area contributed by atoms with Gasteiger partial charge in [0.2, 0.25) is 0 Å². The second kappa shape index (κ2) is 8.08. The van der Waals surface area contributed by atoms with E-state index in [1.807, 2.05) is 31.5 Å². The summed E-state index contributed by atoms with van der Waals surface area (Å²) >= 11 is 0. The molecule has 3 rings (SSSR count). The summed E-state index contributed by atoms with van der Waals surface area (Å²) in [6.07, 6.45) is 0. The lowest BCUT2D eigenvalue weighted by Crippen LogP contribution is -2.24. The summed E-state index contributed by atoms with van der Waals surface area (Å²) in [5, 5.41) is 14.3. The Balaban J connectivity index is 1.68. The number of hydrogen-bond donors (Lipinski definition) is 2. The van der Waals surface area contributed by atoms with E-state index in [0.717, 1.165) is 23.5 Å². The van der Waals surface area contributed by atoms with Crippen molar-refractivity contribution in [2.24, 2.45) is 7.05 Å². The van der Waals surface area contributed by atoms with Crippen molar-refractivity contribution in [3.8, 4) is 0 Å². The molecule has 3 aromatic rings. The molecule has 0 spiro atoms. The number of rotatable bonds is 6. The van der Waals surface area contributed by atoms with Gasteiger partial charge in [-0.1, -0.05) is 18.2 Å². The second-order valence-corrected chi connectivity index (χ2v) is 6.51. The molecule has 8 heteroatoms. The summed E-state index contributed by atoms with van der Waals surface area (Å²) in [6.45, 7) is 7.10. The van der Waals surface area contributed by atoms with Gasteiger partial charge in [0.25, 0.3) is 11.8 Å². The highest BCUT2D eigenvalue weighted by molar-refractivity contribution is 6.04. The van der Waals surface area contributed by atoms with E-state index in [1.54, 1.807) is 37.4 Å². The van der Waals surface area contributed by atoms with Gasteiger partial charge in [-0.05, 0) is 32.9 Å². The van der Waals surface area contributed by atoms with E-state index >= 15 is 0 Å². The Hall–Kier alpha value is -3.42. The topological polar surface area (TPSA) is 93.8 Å². The van der Waals surface area contributed by atoms with E-state index in [9.17, 15) is 9.59 Å². The van der Waals surface area contributed by atoms with Gasteiger partial charge in [-0.15, -0.1) is 0 Å². The quantitative estimate of drug-likeness (QED) is 0.687. The van der Waals surface area contributed by atoms with Crippen molar-refractivity contribution in [1.82, 2.24) is 24.9 Å². The van der Waals surface area contributed by atoms with E-state index in [1.165, 1.54) is 4.68 Å². The van der Waals surface area contributed by atoms with Crippen molar-refractivity contribution < 1.29 is 9.59 Å². The normalized spacial score (nSPS) is 10.7. The zero-order chi connectivity index (χ0) is 20.3. The largest absolute Gasteiger partial charge is 0.346 e. The minimum absolute atomic E-state index is 0.240. The average molecular weight is 380 g/mol. The van der Waals surface area contributed by atoms with Crippen molar-refractivity contribution in [3.05, 3.63) is 64.6 Å². The Bertz CT molecular complexity index is 1000. The van der Waals surface area contributed by atoms with E-state index in [0.29, 0.717) is 17.9 Å². The molecule has 0 saturated heterocycles. The number of carbonyl (C=O) groups excluding carboxylic acids is 2. The Morgan fingerprint density at radius 1 is 1.07 bits per heavy atom. The van der Waals surface area contributed by atoms with Gasteiger partial charge in [0.1, 0.15) is 5.82 Å². The predicted molar refractivity (Wildman–Crippen MR) is 106 cm³/mol. The van der Waals surface area contributed by atoms with Gasteiger partial charge in [-0.3, -0.25) is 19.0 Å². The lowest BCUT2D eigenvalue weighted by atomic mass is 10.2. The molecule has 1 aromatic carbocycles. The number of aryl methyl sites for hydroxylation is 3. The minimum atomic E-state index is -0.307. The number of aromatic nitrogens is 4. The molecule has 0 saturated carbocycles. The molecule has 0 aliphatic heterocycles. The van der Waals surface area contributed by atoms with Crippen LogP contribution in [0, 0.1) is 13.8 Å². The third-order valence-corrected chi connectivity index (χ3v) is 4.65. The molecule has 0 atom stereocenters. The van der Waals surface area contributed by atoms with Crippen LogP contribution >= 0.6 is 0 Å². The van der Waals surface area contributed by atoms with Crippen LogP contribution in [0.1, 0.15) is 44.7 Å². The third-order valence-electron chi connectivity index (χ3n) is 4.65. The van der Waals surface area contributed by atoms with Gasteiger partial charge in [-0.2, -0.15) is 10.2 Å². The molecule has 0 radical (unpaired) electrons. The second-order valence-electron chi connectivity index (χ2n) is 6.51. The van der Waals surface area contributed by atoms with Crippen LogP contribution in [-0.4, -0.2) is 31.4 Å². The standard InChI is InChI=1S/C20H24N6O2/c1-5-26-14(3)16(13(2)23-26)12-21-20(28)17-11-18(25(4)24-17)22-19(27)15-9-7-6-8-10-15/h6-11H,5,12H2,1-4H3,(H,21,28)(H,22,27). The van der Waals surface area contributed by atoms with Crippen molar-refractivity contribution in [2.45, 2.75) is 33.9 Å². The summed E-state index contributed by atoms with van der Waals surface area (Å²) < 4.78 is 3.39. The zero-order valence-corrected chi connectivity index (χ0v) is 16.5. The first kappa shape index (κ1) is 19.3. The fourth-order valence-electron chi connectivity index (χ4n) is 3.03. The maximum atomic E-state index is 12.5. The first-order chi connectivity index (χ1) is 13.4. The van der Waals surface area contributed by atoms with Crippen LogP contribution in [0.25, 0.3) is 0 Å². The first-order valence-corrected chi connectivity index (χ1v) is 9.12. The van der Waals surface area contributed by atoms with Crippen LogP contribution in [0.5, 0.6) is 0 Å². The molecule has 8 nitrogen and oxygen atoms in total. The molecular weight excluding hydrogens is 356 g/mol. The van der Waals surface area contributed by atoms with E-state index < -0.39 is 0 Å². The van der Waals surface area contributed by atoms with Gasteiger partial charge in [0.15, 0.2) is 5.69 Å². The molecule has 2 aromatic heterocycles. The van der Waals surface area contributed by atoms with Crippen molar-refractivity contribution in [2.75, 3.05) is 5.32 Å². The molecule has 0 aliphatic carbocycles. The minimum Gasteiger partial charge on any atom is -0.346 e. The summed E-state index contributed by atoms with van der Waals surface area (Å²) in [5.41, 5.74) is 3.72. The molecule has 0 fully saturated rings. The summed E-state index contributed by atoms with van der Waals surface area (Å²) in [7, 11) is 1.68. The number of amides is 2. The lowest BCUT2D eigenvalue weighted by Gasteiger charge is -2.04. The fourth-order valence-corrected chi connectivity index (χ4v) is 3.03. The van der Waals surface area contributed by atoms with Gasteiger partial charge >= 0.3 is 0 Å². The smallest absolute Gasteiger partial charge is 0.272 e. The average Bonchev–Trinajstić information content (AvgIpc) is 3.19. The number of nitrogens with one attached hydrogen (secondary N) is 2. The number of carbonyl (C=O) groups is 2. The molecule has 0 aliphatic rings. The predicted octanol–water partition coefficient (Wildman–Crippen LogP) is 2.44. The van der Waals surface area contributed by atoms with Crippen molar-refractivity contribution >= 4 is 17.6 Å². The summed E-state index contributed by atoms with van der Waals surface area (Å²) in [4.78, 5) is 24.8. The SMILES string of the molecule is CCn1nc(C)c(CNC(=O)c2cc(NC(=O)c3ccccc3)n(C)n2)c1C. The van der Waals surface area contributed by atoms with Gasteiger partial charge in [0, 0.05) is 43.0 Å². The molecule has 2 heterocycles. The van der Waals surface area contributed by atoms with Crippen LogP contribution in [0.15, 0.2) is 36.4 Å². The van der Waals surface area contributed by atoms with E-state index in [2.05, 4.69) is 20.8 Å². The molecular formula is C20H24N6O2. The highest BCUT2D eigenvalue weighted by atomic mass is 16.2. The van der Waals surface area contributed by atoms with Crippen LogP contribution in [0.3, 0.4) is 0 Å². The van der Waals surface area contributed by atoms with Gasteiger partial charge < -0.3 is 10.6 Å². The molecule has 0 bridgehead atoms. The van der Waals surface area contributed by atoms with Crippen LogP contribution < -0.4 is 10.6 Å². The number of anilines is 1. The Labute approximate surface area is 163 Å². The first-order valence-electron chi connectivity index (χ1n) is 9.12. The Kier molecular flexibility index (Phi) is 5.58. The molecule has 2 N–H and O–H groups in total. The maximum Gasteiger partial charge on any atom is 0.272 e. The highest BCUT2D eigenvalue weighted by Gasteiger charge is 2.17. The van der Waals surface area contributed by atoms with Crippen LogP contribution in [0.2, 0.25) is 0 Å². The number of nitrogens with zero attached hydrogens (tertiary/aromatic N) is 4. The van der Waals surface area contributed by atoms with Crippen molar-refractivity contribution in [3.63, 3.8) is 0 Å². The molecule has 146 valence electrons. The van der Waals surface area contributed by atoms with Crippen LogP contribution in [-0.2, 0) is 20.1 Å². The maximum absolute atomic E-state index is 12.5. The highest BCUT2D eigenvalue weighted by Crippen LogP contribution is 2.14. The van der Waals surface area contributed by atoms with Gasteiger partial charge in [0.05, 0.1) is 5.69 Å². The van der Waals surface area contributed by atoms with E-state index in [-0.39, 0.29) is 17.5 Å². The molecule has 0 unspecified atom stereocenters. The third kappa shape index (κ3) is 3.95. The number of benzene rings is 1. The zero-order valence-electron chi connectivity index (χ0n) is 16.5. The fraction of sp³-hybridized carbons (Fsp3) is 0.300. The van der Waals surface area contributed by atoms with Crippen molar-refractivity contribution in [1.29, 1.82) is 0 Å². The molecule has 28 heavy (non-hydrogen) atoms. The monoisotopic (exact) mass is 380 g/mol. The molecule has 2 amide bonds. The van der Waals surface area contributed by atoms with Gasteiger partial charge in [-0.25, -0.2) is 0 Å². The lowest BCUT2D eigenvalue weighted by molar-refractivity contribution is 0.0944. The summed E-state index contributed by atoms with van der Waals surface area (Å²) in [6, 6.07) is 10.4. The van der Waals surface area contributed by atoms with Crippen LogP contribution in [0.4, 0.5) is 5.82 Å². The summed E-state index contributed by atoms with van der Waals surface area (Å²) in [5.74, 6) is -0.113. The Morgan fingerprint density at radius 3 is 2.43 bits per heavy atom. The van der Waals surface area contributed by atoms with E-state index in [4.69, 9.17) is 0 Å².